The number of methoxy groups -OCH3 is 3. The van der Waals surface area contributed by atoms with Gasteiger partial charge in [-0.25, -0.2) is 0 Å². The van der Waals surface area contributed by atoms with Crippen LogP contribution in [0.3, 0.4) is 0 Å². The number of benzene rings is 2. The fraction of sp³-hybridized carbons (Fsp3) is 0.222. The molecule has 0 aliphatic carbocycles. The Hall–Kier alpha value is -2.66. The van der Waals surface area contributed by atoms with Gasteiger partial charge in [-0.2, -0.15) is 0 Å². The summed E-state index contributed by atoms with van der Waals surface area (Å²) in [6.07, 6.45) is 1.72. The number of aliphatic hydroxyl groups is 1. The largest absolute Gasteiger partial charge is 0.507 e. The van der Waals surface area contributed by atoms with Crippen molar-refractivity contribution in [2.75, 3.05) is 27.9 Å². The standard InChI is InChI=1S/C18H20O5/c1-21-15-6-4-13(16(20)10-15)8-14(11-19)12-5-7-17(22-2)18(9-12)23-3/h4-10,19-20H,11H2,1-3H3/b14-8+. The molecule has 5 heteroatoms. The van der Waals surface area contributed by atoms with Crippen LogP contribution in [-0.4, -0.2) is 38.1 Å². The summed E-state index contributed by atoms with van der Waals surface area (Å²) >= 11 is 0. The van der Waals surface area contributed by atoms with Crippen LogP contribution >= 0.6 is 0 Å². The van der Waals surface area contributed by atoms with Crippen molar-refractivity contribution in [3.8, 4) is 23.0 Å². The van der Waals surface area contributed by atoms with E-state index in [0.717, 1.165) is 5.56 Å². The van der Waals surface area contributed by atoms with E-state index in [-0.39, 0.29) is 12.4 Å². The van der Waals surface area contributed by atoms with Gasteiger partial charge in [0.1, 0.15) is 11.5 Å². The molecule has 2 aromatic carbocycles. The van der Waals surface area contributed by atoms with Crippen LogP contribution in [0.4, 0.5) is 0 Å². The minimum Gasteiger partial charge on any atom is -0.507 e. The monoisotopic (exact) mass is 316 g/mol. The zero-order chi connectivity index (χ0) is 16.8. The first-order valence-corrected chi connectivity index (χ1v) is 7.03. The number of hydrogen-bond acceptors (Lipinski definition) is 5. The Labute approximate surface area is 135 Å². The Kier molecular flexibility index (Phi) is 5.49. The smallest absolute Gasteiger partial charge is 0.161 e. The van der Waals surface area contributed by atoms with Crippen LogP contribution in [-0.2, 0) is 0 Å². The first-order chi connectivity index (χ1) is 11.1. The number of aliphatic hydroxyl groups excluding tert-OH is 1. The van der Waals surface area contributed by atoms with Crippen LogP contribution in [0.2, 0.25) is 0 Å². The molecule has 5 nitrogen and oxygen atoms in total. The summed E-state index contributed by atoms with van der Waals surface area (Å²) in [6, 6.07) is 10.4. The van der Waals surface area contributed by atoms with E-state index in [1.54, 1.807) is 44.6 Å². The molecule has 2 N–H and O–H groups in total. The number of hydrogen-bond donors (Lipinski definition) is 2. The van der Waals surface area contributed by atoms with Crippen LogP contribution in [0.25, 0.3) is 11.6 Å². The molecule has 0 aliphatic rings. The molecule has 0 bridgehead atoms. The van der Waals surface area contributed by atoms with Gasteiger partial charge in [-0.05, 0) is 41.5 Å². The van der Waals surface area contributed by atoms with E-state index in [2.05, 4.69) is 0 Å². The molecule has 0 spiro atoms. The van der Waals surface area contributed by atoms with E-state index >= 15 is 0 Å². The highest BCUT2D eigenvalue weighted by Gasteiger charge is 2.09. The lowest BCUT2D eigenvalue weighted by atomic mass is 10.0. The maximum absolute atomic E-state index is 10.0. The summed E-state index contributed by atoms with van der Waals surface area (Å²) in [5.74, 6) is 1.83. The molecular weight excluding hydrogens is 296 g/mol. The molecule has 2 aromatic rings. The lowest BCUT2D eigenvalue weighted by Crippen LogP contribution is -1.95. The average Bonchev–Trinajstić information content (AvgIpc) is 2.60. The maximum Gasteiger partial charge on any atom is 0.161 e. The van der Waals surface area contributed by atoms with Gasteiger partial charge in [-0.3, -0.25) is 0 Å². The van der Waals surface area contributed by atoms with E-state index in [0.29, 0.717) is 28.4 Å². The third-order valence-corrected chi connectivity index (χ3v) is 3.49. The fourth-order valence-electron chi connectivity index (χ4n) is 2.22. The van der Waals surface area contributed by atoms with Crippen LogP contribution in [0.1, 0.15) is 11.1 Å². The summed E-state index contributed by atoms with van der Waals surface area (Å²) in [7, 11) is 4.65. The minimum atomic E-state index is -0.180. The highest BCUT2D eigenvalue weighted by Crippen LogP contribution is 2.32. The normalized spacial score (nSPS) is 11.2. The van der Waals surface area contributed by atoms with E-state index in [9.17, 15) is 10.2 Å². The summed E-state index contributed by atoms with van der Waals surface area (Å²) in [5, 5.41) is 19.7. The SMILES string of the molecule is COc1ccc(/C=C(\CO)c2ccc(OC)c(OC)c2)c(O)c1. The van der Waals surface area contributed by atoms with Crippen LogP contribution in [0.5, 0.6) is 23.0 Å². The van der Waals surface area contributed by atoms with Gasteiger partial charge in [0.25, 0.3) is 0 Å². The molecule has 23 heavy (non-hydrogen) atoms. The van der Waals surface area contributed by atoms with Crippen molar-refractivity contribution >= 4 is 11.6 Å². The quantitative estimate of drug-likeness (QED) is 0.802. The van der Waals surface area contributed by atoms with Gasteiger partial charge >= 0.3 is 0 Å². The summed E-state index contributed by atoms with van der Waals surface area (Å²) in [5.41, 5.74) is 2.01. The lowest BCUT2D eigenvalue weighted by molar-refractivity contribution is 0.349. The van der Waals surface area contributed by atoms with Crippen molar-refractivity contribution in [1.29, 1.82) is 0 Å². The molecular formula is C18H20O5. The predicted octanol–water partition coefficient (Wildman–Crippen LogP) is 2.95. The maximum atomic E-state index is 10.0. The van der Waals surface area contributed by atoms with Crippen molar-refractivity contribution in [2.24, 2.45) is 0 Å². The van der Waals surface area contributed by atoms with Gasteiger partial charge in [-0.15, -0.1) is 0 Å². The number of ether oxygens (including phenoxy) is 3. The molecule has 0 radical (unpaired) electrons. The fourth-order valence-corrected chi connectivity index (χ4v) is 2.22. The molecule has 0 aromatic heterocycles. The second-order valence-electron chi connectivity index (χ2n) is 4.82. The van der Waals surface area contributed by atoms with E-state index < -0.39 is 0 Å². The van der Waals surface area contributed by atoms with Crippen molar-refractivity contribution in [3.63, 3.8) is 0 Å². The van der Waals surface area contributed by atoms with Gasteiger partial charge in [-0.1, -0.05) is 6.07 Å². The average molecular weight is 316 g/mol. The summed E-state index contributed by atoms with van der Waals surface area (Å²) < 4.78 is 15.5. The topological polar surface area (TPSA) is 68.2 Å². The lowest BCUT2D eigenvalue weighted by Gasteiger charge is -2.11. The zero-order valence-electron chi connectivity index (χ0n) is 13.4. The number of phenolic OH excluding ortho intramolecular Hbond substituents is 1. The van der Waals surface area contributed by atoms with Crippen molar-refractivity contribution < 1.29 is 24.4 Å². The molecule has 0 saturated heterocycles. The third-order valence-electron chi connectivity index (χ3n) is 3.49. The zero-order valence-corrected chi connectivity index (χ0v) is 13.4. The molecule has 0 unspecified atom stereocenters. The molecule has 2 rings (SSSR count). The Morgan fingerprint density at radius 2 is 1.70 bits per heavy atom. The van der Waals surface area contributed by atoms with Crippen molar-refractivity contribution in [3.05, 3.63) is 47.5 Å². The van der Waals surface area contributed by atoms with Gasteiger partial charge in [0.05, 0.1) is 27.9 Å². The summed E-state index contributed by atoms with van der Waals surface area (Å²) in [4.78, 5) is 0. The molecule has 0 fully saturated rings. The number of aromatic hydroxyl groups is 1. The number of rotatable bonds is 6. The van der Waals surface area contributed by atoms with Gasteiger partial charge in [0, 0.05) is 11.6 Å². The molecule has 0 saturated carbocycles. The third kappa shape index (κ3) is 3.76. The second kappa shape index (κ2) is 7.56. The van der Waals surface area contributed by atoms with Crippen LogP contribution in [0.15, 0.2) is 36.4 Å². The molecule has 0 atom stereocenters. The molecule has 0 heterocycles. The van der Waals surface area contributed by atoms with Gasteiger partial charge < -0.3 is 24.4 Å². The predicted molar refractivity (Wildman–Crippen MR) is 89.2 cm³/mol. The molecule has 0 aliphatic heterocycles. The first-order valence-electron chi connectivity index (χ1n) is 7.03. The minimum absolute atomic E-state index is 0.0794. The second-order valence-corrected chi connectivity index (χ2v) is 4.82. The Morgan fingerprint density at radius 1 is 0.957 bits per heavy atom. The van der Waals surface area contributed by atoms with E-state index in [1.165, 1.54) is 13.2 Å². The Morgan fingerprint density at radius 3 is 2.26 bits per heavy atom. The van der Waals surface area contributed by atoms with Crippen molar-refractivity contribution in [2.45, 2.75) is 0 Å². The van der Waals surface area contributed by atoms with Crippen molar-refractivity contribution in [1.82, 2.24) is 0 Å². The Balaban J connectivity index is 2.43. The highest BCUT2D eigenvalue weighted by atomic mass is 16.5. The Bertz CT molecular complexity index is 707. The van der Waals surface area contributed by atoms with Crippen LogP contribution in [0, 0.1) is 0 Å². The van der Waals surface area contributed by atoms with E-state index in [4.69, 9.17) is 14.2 Å². The van der Waals surface area contributed by atoms with Gasteiger partial charge in [0.15, 0.2) is 11.5 Å². The molecule has 122 valence electrons. The number of phenols is 1. The van der Waals surface area contributed by atoms with Gasteiger partial charge in [0.2, 0.25) is 0 Å². The summed E-state index contributed by atoms with van der Waals surface area (Å²) in [6.45, 7) is -0.180. The van der Waals surface area contributed by atoms with E-state index in [1.807, 2.05) is 6.07 Å². The first kappa shape index (κ1) is 16.7. The van der Waals surface area contributed by atoms with Crippen LogP contribution < -0.4 is 14.2 Å². The highest BCUT2D eigenvalue weighted by molar-refractivity contribution is 5.84. The molecule has 0 amide bonds.